The van der Waals surface area contributed by atoms with Gasteiger partial charge in [0.15, 0.2) is 5.78 Å². The van der Waals surface area contributed by atoms with Crippen LogP contribution in [-0.2, 0) is 6.42 Å². The number of nitrogens with one attached hydrogen (secondary N) is 1. The first-order chi connectivity index (χ1) is 13.0. The van der Waals surface area contributed by atoms with Crippen molar-refractivity contribution in [2.75, 3.05) is 6.54 Å². The fraction of sp³-hybridized carbons (Fsp3) is 0.476. The molecule has 144 valence electrons. The number of carbonyl (C=O) groups is 1. The highest BCUT2D eigenvalue weighted by atomic mass is 35.5. The highest BCUT2D eigenvalue weighted by Gasteiger charge is 2.37. The summed E-state index contributed by atoms with van der Waals surface area (Å²) in [5.41, 5.74) is 0.905. The summed E-state index contributed by atoms with van der Waals surface area (Å²) in [6, 6.07) is 9.28. The molecule has 1 fully saturated rings. The van der Waals surface area contributed by atoms with E-state index in [1.54, 1.807) is 17.4 Å². The fourth-order valence-corrected chi connectivity index (χ4v) is 5.34. The lowest BCUT2D eigenvalue weighted by molar-refractivity contribution is 0.0442. The van der Waals surface area contributed by atoms with Crippen LogP contribution in [0.5, 0.6) is 5.75 Å². The van der Waals surface area contributed by atoms with Gasteiger partial charge in [-0.25, -0.2) is 0 Å². The molecule has 1 unspecified atom stereocenters. The molecular formula is C21H24ClNO3S. The number of halogens is 1. The van der Waals surface area contributed by atoms with Gasteiger partial charge in [0.25, 0.3) is 0 Å². The number of aliphatic hydroxyl groups is 1. The summed E-state index contributed by atoms with van der Waals surface area (Å²) in [6.07, 6.45) is 2.53. The lowest BCUT2D eigenvalue weighted by Crippen LogP contribution is -2.44. The van der Waals surface area contributed by atoms with Gasteiger partial charge in [-0.05, 0) is 50.8 Å². The number of para-hydroxylation sites is 1. The Morgan fingerprint density at radius 3 is 2.93 bits per heavy atom. The van der Waals surface area contributed by atoms with Gasteiger partial charge in [-0.15, -0.1) is 11.3 Å². The van der Waals surface area contributed by atoms with Crippen molar-refractivity contribution >= 4 is 28.7 Å². The van der Waals surface area contributed by atoms with E-state index < -0.39 is 6.10 Å². The minimum absolute atomic E-state index is 0.0118. The quantitative estimate of drug-likeness (QED) is 0.788. The van der Waals surface area contributed by atoms with E-state index in [2.05, 4.69) is 12.2 Å². The molecule has 4 atom stereocenters. The van der Waals surface area contributed by atoms with E-state index in [0.717, 1.165) is 31.2 Å². The highest BCUT2D eigenvalue weighted by molar-refractivity contribution is 7.12. The number of fused-ring (bicyclic) bond motifs is 1. The lowest BCUT2D eigenvalue weighted by Gasteiger charge is -2.25. The SMILES string of the molecule is Cc1cc2c(s1)CCC(CN[C@@H]1CC[C@@H](Oc3ccccc3Cl)[C@@H]1O)C2=O. The molecule has 2 aliphatic rings. The van der Waals surface area contributed by atoms with Crippen molar-refractivity contribution in [1.29, 1.82) is 0 Å². The zero-order valence-corrected chi connectivity index (χ0v) is 16.9. The van der Waals surface area contributed by atoms with Crippen molar-refractivity contribution in [2.45, 2.75) is 50.9 Å². The Bertz CT molecular complexity index is 837. The van der Waals surface area contributed by atoms with Crippen LogP contribution in [0.25, 0.3) is 0 Å². The average Bonchev–Trinajstić information content (AvgIpc) is 3.20. The van der Waals surface area contributed by atoms with Gasteiger partial charge in [-0.2, -0.15) is 0 Å². The zero-order valence-electron chi connectivity index (χ0n) is 15.3. The minimum atomic E-state index is -0.612. The van der Waals surface area contributed by atoms with E-state index in [1.165, 1.54) is 9.75 Å². The van der Waals surface area contributed by atoms with Crippen molar-refractivity contribution in [2.24, 2.45) is 5.92 Å². The van der Waals surface area contributed by atoms with Crippen molar-refractivity contribution < 1.29 is 14.6 Å². The van der Waals surface area contributed by atoms with E-state index in [1.807, 2.05) is 24.3 Å². The maximum absolute atomic E-state index is 12.7. The van der Waals surface area contributed by atoms with Gasteiger partial charge in [0, 0.05) is 33.8 Å². The predicted octanol–water partition coefficient (Wildman–Crippen LogP) is 4.02. The number of rotatable bonds is 5. The van der Waals surface area contributed by atoms with Gasteiger partial charge in [0.1, 0.15) is 18.0 Å². The first-order valence-corrected chi connectivity index (χ1v) is 10.7. The van der Waals surface area contributed by atoms with Crippen LogP contribution < -0.4 is 10.1 Å². The summed E-state index contributed by atoms with van der Waals surface area (Å²) in [5, 5.41) is 14.6. The van der Waals surface area contributed by atoms with Crippen LogP contribution in [0.15, 0.2) is 30.3 Å². The Labute approximate surface area is 168 Å². The van der Waals surface area contributed by atoms with Crippen LogP contribution in [0.1, 0.15) is 39.4 Å². The molecule has 4 nitrogen and oxygen atoms in total. The molecule has 27 heavy (non-hydrogen) atoms. The molecule has 0 saturated heterocycles. The maximum Gasteiger partial charge on any atom is 0.168 e. The summed E-state index contributed by atoms with van der Waals surface area (Å²) in [4.78, 5) is 15.2. The highest BCUT2D eigenvalue weighted by Crippen LogP contribution is 2.33. The van der Waals surface area contributed by atoms with Crippen LogP contribution in [0.3, 0.4) is 0 Å². The largest absolute Gasteiger partial charge is 0.486 e. The molecule has 1 aromatic heterocycles. The van der Waals surface area contributed by atoms with Gasteiger partial charge in [-0.3, -0.25) is 4.79 Å². The van der Waals surface area contributed by atoms with E-state index in [-0.39, 0.29) is 23.8 Å². The van der Waals surface area contributed by atoms with Gasteiger partial charge < -0.3 is 15.2 Å². The molecular weight excluding hydrogens is 382 g/mol. The molecule has 2 N–H and O–H groups in total. The Kier molecular flexibility index (Phi) is 5.55. The summed E-state index contributed by atoms with van der Waals surface area (Å²) >= 11 is 7.88. The third-order valence-corrected chi connectivity index (χ3v) is 7.01. The number of benzene rings is 1. The predicted molar refractivity (Wildman–Crippen MR) is 108 cm³/mol. The lowest BCUT2D eigenvalue weighted by atomic mass is 9.87. The fourth-order valence-electron chi connectivity index (χ4n) is 4.10. The molecule has 2 aliphatic carbocycles. The third-order valence-electron chi connectivity index (χ3n) is 5.59. The van der Waals surface area contributed by atoms with Crippen molar-refractivity contribution in [3.8, 4) is 5.75 Å². The third kappa shape index (κ3) is 3.92. The molecule has 0 radical (unpaired) electrons. The Hall–Kier alpha value is -1.40. The summed E-state index contributed by atoms with van der Waals surface area (Å²) in [7, 11) is 0. The Morgan fingerprint density at radius 1 is 1.30 bits per heavy atom. The molecule has 6 heteroatoms. The van der Waals surface area contributed by atoms with E-state index in [4.69, 9.17) is 16.3 Å². The molecule has 1 aromatic carbocycles. The average molecular weight is 406 g/mol. The first kappa shape index (κ1) is 18.9. The smallest absolute Gasteiger partial charge is 0.168 e. The number of thiophene rings is 1. The standard InChI is InChI=1S/C21H24ClNO3S/c1-12-10-14-19(27-12)9-6-13(20(14)24)11-23-16-7-8-18(21(16)25)26-17-5-3-2-4-15(17)22/h2-5,10,13,16,18,21,23,25H,6-9,11H2,1H3/t13?,16-,18-,21-/m1/s1. The summed E-state index contributed by atoms with van der Waals surface area (Å²) in [6.45, 7) is 2.66. The molecule has 2 aromatic rings. The van der Waals surface area contributed by atoms with E-state index >= 15 is 0 Å². The van der Waals surface area contributed by atoms with Gasteiger partial charge >= 0.3 is 0 Å². The van der Waals surface area contributed by atoms with Crippen LogP contribution in [0.4, 0.5) is 0 Å². The monoisotopic (exact) mass is 405 g/mol. The Morgan fingerprint density at radius 2 is 2.11 bits per heavy atom. The van der Waals surface area contributed by atoms with Gasteiger partial charge in [0.2, 0.25) is 0 Å². The van der Waals surface area contributed by atoms with Crippen LogP contribution in [-0.4, -0.2) is 35.7 Å². The topological polar surface area (TPSA) is 58.6 Å². The van der Waals surface area contributed by atoms with Crippen molar-refractivity contribution in [3.63, 3.8) is 0 Å². The van der Waals surface area contributed by atoms with Crippen LogP contribution in [0.2, 0.25) is 5.02 Å². The maximum atomic E-state index is 12.7. The number of Topliss-reactive ketones (excluding diaryl/α,β-unsaturated/α-hetero) is 1. The molecule has 0 aliphatic heterocycles. The number of hydrogen-bond donors (Lipinski definition) is 2. The minimum Gasteiger partial charge on any atom is -0.486 e. The molecule has 1 heterocycles. The van der Waals surface area contributed by atoms with Gasteiger partial charge in [0.05, 0.1) is 5.02 Å². The number of ether oxygens (including phenoxy) is 1. The molecule has 4 rings (SSSR count). The second-order valence-corrected chi connectivity index (χ2v) is 9.21. The van der Waals surface area contributed by atoms with Gasteiger partial charge in [-0.1, -0.05) is 23.7 Å². The van der Waals surface area contributed by atoms with Crippen molar-refractivity contribution in [3.05, 3.63) is 50.7 Å². The number of hydrogen-bond acceptors (Lipinski definition) is 5. The van der Waals surface area contributed by atoms with E-state index in [9.17, 15) is 9.90 Å². The molecule has 0 bridgehead atoms. The molecule has 0 amide bonds. The second kappa shape index (κ2) is 7.92. The zero-order chi connectivity index (χ0) is 19.0. The number of aliphatic hydroxyl groups excluding tert-OH is 1. The summed E-state index contributed by atoms with van der Waals surface area (Å²) < 4.78 is 5.92. The van der Waals surface area contributed by atoms with Crippen LogP contribution >= 0.6 is 22.9 Å². The number of aryl methyl sites for hydroxylation is 2. The molecule has 0 spiro atoms. The first-order valence-electron chi connectivity index (χ1n) is 9.49. The number of ketones is 1. The van der Waals surface area contributed by atoms with Crippen LogP contribution in [0, 0.1) is 12.8 Å². The van der Waals surface area contributed by atoms with Crippen molar-refractivity contribution in [1.82, 2.24) is 5.32 Å². The van der Waals surface area contributed by atoms with E-state index in [0.29, 0.717) is 17.3 Å². The number of carbonyl (C=O) groups excluding carboxylic acids is 1. The normalized spacial score (nSPS) is 27.6. The Balaban J connectivity index is 1.33. The second-order valence-electron chi connectivity index (χ2n) is 7.46. The molecule has 1 saturated carbocycles. The summed E-state index contributed by atoms with van der Waals surface area (Å²) in [5.74, 6) is 0.832.